The van der Waals surface area contributed by atoms with E-state index in [0.29, 0.717) is 54.9 Å². The Morgan fingerprint density at radius 1 is 1.14 bits per heavy atom. The number of aromatic nitrogens is 1. The zero-order valence-corrected chi connectivity index (χ0v) is 20.1. The van der Waals surface area contributed by atoms with Crippen molar-refractivity contribution in [3.63, 3.8) is 0 Å². The molecule has 2 amide bonds. The molecule has 1 aromatic heterocycles. The molecule has 1 fully saturated rings. The van der Waals surface area contributed by atoms with Gasteiger partial charge in [-0.25, -0.2) is 4.79 Å². The van der Waals surface area contributed by atoms with Crippen LogP contribution < -0.4 is 20.3 Å². The summed E-state index contributed by atoms with van der Waals surface area (Å²) in [6.45, 7) is 6.39. The highest BCUT2D eigenvalue weighted by Gasteiger charge is 2.28. The van der Waals surface area contributed by atoms with Crippen LogP contribution >= 0.6 is 0 Å². The predicted molar refractivity (Wildman–Crippen MR) is 135 cm³/mol. The minimum Gasteiger partial charge on any atom is -0.486 e. The van der Waals surface area contributed by atoms with Crippen LogP contribution in [0.4, 0.5) is 4.79 Å². The fraction of sp³-hybridized carbons (Fsp3) is 0.407. The van der Waals surface area contributed by atoms with Gasteiger partial charge in [0.15, 0.2) is 11.5 Å². The van der Waals surface area contributed by atoms with Crippen molar-refractivity contribution in [1.82, 2.24) is 20.1 Å². The number of carbonyl (C=O) groups excluding carboxylic acids is 1. The Morgan fingerprint density at radius 3 is 2.69 bits per heavy atom. The number of amides is 2. The van der Waals surface area contributed by atoms with Crippen molar-refractivity contribution < 1.29 is 14.3 Å². The summed E-state index contributed by atoms with van der Waals surface area (Å²) in [4.78, 5) is 33.5. The quantitative estimate of drug-likeness (QED) is 0.545. The lowest BCUT2D eigenvalue weighted by Gasteiger charge is -2.30. The molecule has 8 heteroatoms. The molecule has 184 valence electrons. The number of pyridine rings is 1. The molecule has 2 N–H and O–H groups in total. The van der Waals surface area contributed by atoms with E-state index in [4.69, 9.17) is 9.47 Å². The van der Waals surface area contributed by atoms with Gasteiger partial charge in [0.25, 0.3) is 5.56 Å². The molecule has 0 saturated carbocycles. The van der Waals surface area contributed by atoms with Gasteiger partial charge in [-0.1, -0.05) is 37.3 Å². The molecular weight excluding hydrogens is 444 g/mol. The van der Waals surface area contributed by atoms with Gasteiger partial charge in [0.05, 0.1) is 12.1 Å². The van der Waals surface area contributed by atoms with Crippen molar-refractivity contribution >= 4 is 16.9 Å². The number of hydrogen-bond donors (Lipinski definition) is 2. The summed E-state index contributed by atoms with van der Waals surface area (Å²) in [6.07, 6.45) is 2.18. The molecule has 0 aliphatic carbocycles. The zero-order chi connectivity index (χ0) is 24.2. The average molecular weight is 477 g/mol. The standard InChI is InChI=1S/C27H32N4O4/c1-2-30-10-6-9-22(30)18-31(27(33)28-16-19-7-4-3-5-8-19)17-21-13-20-14-24-25(35-12-11-34-24)15-23(20)29-26(21)32/h3-5,7-8,13-15,22H,2,6,9-12,16-18H2,1H3,(H,28,33)(H,29,32)/t22-/m0/s1. The fourth-order valence-corrected chi connectivity index (χ4v) is 4.99. The van der Waals surface area contributed by atoms with E-state index >= 15 is 0 Å². The Balaban J connectivity index is 1.39. The highest BCUT2D eigenvalue weighted by Crippen LogP contribution is 2.33. The van der Waals surface area contributed by atoms with Gasteiger partial charge in [-0.3, -0.25) is 9.69 Å². The second-order valence-corrected chi connectivity index (χ2v) is 9.16. The Hall–Kier alpha value is -3.52. The predicted octanol–water partition coefficient (Wildman–Crippen LogP) is 3.50. The van der Waals surface area contributed by atoms with Crippen molar-refractivity contribution in [2.75, 3.05) is 32.8 Å². The molecule has 0 radical (unpaired) electrons. The van der Waals surface area contributed by atoms with E-state index in [1.54, 1.807) is 11.0 Å². The van der Waals surface area contributed by atoms with E-state index in [0.717, 1.165) is 36.9 Å². The van der Waals surface area contributed by atoms with Crippen LogP contribution in [0.5, 0.6) is 11.5 Å². The number of hydrogen-bond acceptors (Lipinski definition) is 5. The Labute approximate surface area is 204 Å². The molecule has 5 rings (SSSR count). The van der Waals surface area contributed by atoms with E-state index in [9.17, 15) is 9.59 Å². The summed E-state index contributed by atoms with van der Waals surface area (Å²) in [6, 6.07) is 15.5. The monoisotopic (exact) mass is 476 g/mol. The molecule has 1 saturated heterocycles. The van der Waals surface area contributed by atoms with Crippen LogP contribution in [0.25, 0.3) is 10.9 Å². The molecule has 0 unspecified atom stereocenters. The van der Waals surface area contributed by atoms with Crippen LogP contribution in [0.15, 0.2) is 53.3 Å². The summed E-state index contributed by atoms with van der Waals surface area (Å²) in [5, 5.41) is 3.89. The average Bonchev–Trinajstić information content (AvgIpc) is 3.34. The van der Waals surface area contributed by atoms with Gasteiger partial charge in [-0.05, 0) is 43.6 Å². The maximum absolute atomic E-state index is 13.3. The summed E-state index contributed by atoms with van der Waals surface area (Å²) in [7, 11) is 0. The molecule has 2 aliphatic heterocycles. The molecular formula is C27H32N4O4. The minimum absolute atomic E-state index is 0.168. The van der Waals surface area contributed by atoms with Gasteiger partial charge in [-0.2, -0.15) is 0 Å². The number of aromatic amines is 1. The third kappa shape index (κ3) is 5.27. The first-order valence-corrected chi connectivity index (χ1v) is 12.4. The van der Waals surface area contributed by atoms with E-state index in [2.05, 4.69) is 22.1 Å². The van der Waals surface area contributed by atoms with Crippen molar-refractivity contribution in [2.45, 2.75) is 38.9 Å². The van der Waals surface area contributed by atoms with Crippen LogP contribution in [-0.4, -0.2) is 59.7 Å². The lowest BCUT2D eigenvalue weighted by molar-refractivity contribution is 0.164. The summed E-state index contributed by atoms with van der Waals surface area (Å²) >= 11 is 0. The summed E-state index contributed by atoms with van der Waals surface area (Å²) in [5.41, 5.74) is 2.07. The lowest BCUT2D eigenvalue weighted by atomic mass is 10.1. The number of fused-ring (bicyclic) bond motifs is 2. The van der Waals surface area contributed by atoms with Gasteiger partial charge >= 0.3 is 6.03 Å². The molecule has 3 heterocycles. The first-order chi connectivity index (χ1) is 17.1. The normalized spacial score (nSPS) is 17.5. The van der Waals surface area contributed by atoms with Gasteiger partial charge < -0.3 is 24.7 Å². The van der Waals surface area contributed by atoms with Crippen molar-refractivity contribution in [2.24, 2.45) is 0 Å². The number of nitrogens with zero attached hydrogens (tertiary/aromatic N) is 2. The Morgan fingerprint density at radius 2 is 1.91 bits per heavy atom. The Kier molecular flexibility index (Phi) is 6.90. The van der Waals surface area contributed by atoms with Crippen LogP contribution in [0.3, 0.4) is 0 Å². The number of ether oxygens (including phenoxy) is 2. The molecule has 3 aromatic rings. The molecule has 35 heavy (non-hydrogen) atoms. The van der Waals surface area contributed by atoms with Crippen molar-refractivity contribution in [1.29, 1.82) is 0 Å². The van der Waals surface area contributed by atoms with Crippen molar-refractivity contribution in [3.05, 3.63) is 70.0 Å². The largest absolute Gasteiger partial charge is 0.486 e. The molecule has 0 bridgehead atoms. The van der Waals surface area contributed by atoms with Gasteiger partial charge in [0.1, 0.15) is 13.2 Å². The number of carbonyl (C=O) groups is 1. The highest BCUT2D eigenvalue weighted by molar-refractivity contribution is 5.83. The van der Waals surface area contributed by atoms with Gasteiger partial charge in [0.2, 0.25) is 0 Å². The van der Waals surface area contributed by atoms with Gasteiger partial charge in [0, 0.05) is 36.1 Å². The first-order valence-electron chi connectivity index (χ1n) is 12.4. The third-order valence-electron chi connectivity index (χ3n) is 6.86. The molecule has 8 nitrogen and oxygen atoms in total. The SMILES string of the molecule is CCN1CCC[C@H]1CN(Cc1cc2cc3c(cc2[nH]c1=O)OCCO3)C(=O)NCc1ccccc1. The molecule has 2 aromatic carbocycles. The first kappa shape index (κ1) is 23.2. The third-order valence-corrected chi connectivity index (χ3v) is 6.86. The number of urea groups is 1. The fourth-order valence-electron chi connectivity index (χ4n) is 4.99. The van der Waals surface area contributed by atoms with Crippen LogP contribution in [0.2, 0.25) is 0 Å². The van der Waals surface area contributed by atoms with Crippen LogP contribution in [-0.2, 0) is 13.1 Å². The zero-order valence-electron chi connectivity index (χ0n) is 20.1. The van der Waals surface area contributed by atoms with Crippen LogP contribution in [0.1, 0.15) is 30.9 Å². The van der Waals surface area contributed by atoms with E-state index in [1.807, 2.05) is 42.5 Å². The summed E-state index contributed by atoms with van der Waals surface area (Å²) in [5.74, 6) is 1.30. The minimum atomic E-state index is -0.200. The molecule has 0 spiro atoms. The number of H-pyrrole nitrogens is 1. The van der Waals surface area contributed by atoms with Crippen LogP contribution in [0, 0.1) is 0 Å². The second kappa shape index (κ2) is 10.4. The maximum Gasteiger partial charge on any atom is 0.318 e. The highest BCUT2D eigenvalue weighted by atomic mass is 16.6. The van der Waals surface area contributed by atoms with E-state index < -0.39 is 0 Å². The number of rotatable bonds is 7. The number of likely N-dealkylation sites (N-methyl/N-ethyl adjacent to an activating group) is 1. The molecule has 2 aliphatic rings. The number of nitrogens with one attached hydrogen (secondary N) is 2. The second-order valence-electron chi connectivity index (χ2n) is 9.16. The van der Waals surface area contributed by atoms with Crippen molar-refractivity contribution in [3.8, 4) is 11.5 Å². The Bertz CT molecular complexity index is 1240. The van der Waals surface area contributed by atoms with Gasteiger partial charge in [-0.15, -0.1) is 0 Å². The van der Waals surface area contributed by atoms with E-state index in [1.165, 1.54) is 0 Å². The number of benzene rings is 2. The topological polar surface area (TPSA) is 86.9 Å². The number of likely N-dealkylation sites (tertiary alicyclic amines) is 1. The maximum atomic E-state index is 13.3. The lowest BCUT2D eigenvalue weighted by Crippen LogP contribution is -2.47. The molecule has 1 atom stereocenters. The smallest absolute Gasteiger partial charge is 0.318 e. The van der Waals surface area contributed by atoms with E-state index in [-0.39, 0.29) is 18.1 Å². The summed E-state index contributed by atoms with van der Waals surface area (Å²) < 4.78 is 11.4.